The number of halogens is 1. The molecule has 3 heterocycles. The molecule has 0 aliphatic carbocycles. The number of methoxy groups -OCH3 is 1. The van der Waals surface area contributed by atoms with Gasteiger partial charge in [0.05, 0.1) is 24.5 Å². The van der Waals surface area contributed by atoms with E-state index in [1.54, 1.807) is 19.4 Å². The summed E-state index contributed by atoms with van der Waals surface area (Å²) in [5.41, 5.74) is 3.06. The van der Waals surface area contributed by atoms with Crippen LogP contribution in [-0.2, 0) is 4.79 Å². The van der Waals surface area contributed by atoms with Crippen LogP contribution in [0.15, 0.2) is 83.4 Å². The third-order valence-electron chi connectivity index (χ3n) is 5.92. The van der Waals surface area contributed by atoms with Crippen LogP contribution in [0.5, 0.6) is 5.75 Å². The van der Waals surface area contributed by atoms with E-state index in [9.17, 15) is 4.79 Å². The highest BCUT2D eigenvalue weighted by Crippen LogP contribution is 2.44. The number of benzene rings is 2. The summed E-state index contributed by atoms with van der Waals surface area (Å²) in [5.74, 6) is 1.77. The molecular weight excluding hydrogens is 496 g/mol. The number of ether oxygens (including phenoxy) is 1. The van der Waals surface area contributed by atoms with Gasteiger partial charge in [0.2, 0.25) is 5.91 Å². The Kier molecular flexibility index (Phi) is 6.63. The SMILES string of the molecule is COc1ccc(N2C(=S)N[C@H](c3ccccn3)[C@@H]2c2ccc(-c3ccc(Cl)cc3)o2)cc1NC(C)=O. The minimum Gasteiger partial charge on any atom is -0.495 e. The highest BCUT2D eigenvalue weighted by atomic mass is 35.5. The maximum Gasteiger partial charge on any atom is 0.221 e. The molecule has 4 aromatic rings. The molecule has 2 N–H and O–H groups in total. The summed E-state index contributed by atoms with van der Waals surface area (Å²) >= 11 is 11.9. The van der Waals surface area contributed by atoms with Gasteiger partial charge in [0.1, 0.15) is 23.3 Å². The number of hydrogen-bond acceptors (Lipinski definition) is 5. The van der Waals surface area contributed by atoms with E-state index in [-0.39, 0.29) is 18.0 Å². The second-order valence-corrected chi connectivity index (χ2v) is 9.09. The lowest BCUT2D eigenvalue weighted by Crippen LogP contribution is -2.29. The number of rotatable bonds is 6. The Balaban J connectivity index is 1.60. The van der Waals surface area contributed by atoms with Gasteiger partial charge in [-0.15, -0.1) is 0 Å². The highest BCUT2D eigenvalue weighted by molar-refractivity contribution is 7.80. The van der Waals surface area contributed by atoms with Crippen molar-refractivity contribution < 1.29 is 13.9 Å². The average Bonchev–Trinajstić information content (AvgIpc) is 3.49. The Hall–Kier alpha value is -3.88. The first-order valence-corrected chi connectivity index (χ1v) is 12.0. The number of thiocarbonyl (C=S) groups is 1. The van der Waals surface area contributed by atoms with Gasteiger partial charge in [0, 0.05) is 29.4 Å². The van der Waals surface area contributed by atoms with Crippen LogP contribution < -0.4 is 20.3 Å². The minimum atomic E-state index is -0.341. The molecule has 2 aromatic heterocycles. The zero-order chi connectivity index (χ0) is 25.2. The maximum absolute atomic E-state index is 11.8. The van der Waals surface area contributed by atoms with Gasteiger partial charge in [-0.05, 0) is 78.9 Å². The van der Waals surface area contributed by atoms with Gasteiger partial charge in [-0.25, -0.2) is 0 Å². The van der Waals surface area contributed by atoms with Gasteiger partial charge >= 0.3 is 0 Å². The number of amides is 1. The molecule has 1 aliphatic rings. The second kappa shape index (κ2) is 10.0. The fourth-order valence-corrected chi connectivity index (χ4v) is 4.81. The van der Waals surface area contributed by atoms with Crippen molar-refractivity contribution in [2.45, 2.75) is 19.0 Å². The molecule has 1 aliphatic heterocycles. The molecule has 7 nitrogen and oxygen atoms in total. The Labute approximate surface area is 219 Å². The average molecular weight is 519 g/mol. The number of anilines is 2. The van der Waals surface area contributed by atoms with E-state index in [1.807, 2.05) is 71.6 Å². The zero-order valence-electron chi connectivity index (χ0n) is 19.6. The fourth-order valence-electron chi connectivity index (χ4n) is 4.34. The predicted molar refractivity (Wildman–Crippen MR) is 144 cm³/mol. The number of carbonyl (C=O) groups excluding carboxylic acids is 1. The van der Waals surface area contributed by atoms with E-state index in [4.69, 9.17) is 33.0 Å². The topological polar surface area (TPSA) is 79.6 Å². The fraction of sp³-hybridized carbons (Fsp3) is 0.148. The van der Waals surface area contributed by atoms with Crippen molar-refractivity contribution >= 4 is 46.2 Å². The molecule has 36 heavy (non-hydrogen) atoms. The number of nitrogens with zero attached hydrogens (tertiary/aromatic N) is 2. The highest BCUT2D eigenvalue weighted by Gasteiger charge is 2.42. The molecule has 0 radical (unpaired) electrons. The molecule has 1 amide bonds. The molecule has 0 unspecified atom stereocenters. The van der Waals surface area contributed by atoms with Gasteiger partial charge in [-0.2, -0.15) is 0 Å². The van der Waals surface area contributed by atoms with E-state index >= 15 is 0 Å². The van der Waals surface area contributed by atoms with Crippen molar-refractivity contribution in [3.8, 4) is 17.1 Å². The molecule has 0 bridgehead atoms. The van der Waals surface area contributed by atoms with Crippen LogP contribution in [0.3, 0.4) is 0 Å². The number of aromatic nitrogens is 1. The minimum absolute atomic E-state index is 0.200. The van der Waals surface area contributed by atoms with Gasteiger partial charge in [0.15, 0.2) is 5.11 Å². The lowest BCUT2D eigenvalue weighted by atomic mass is 10.0. The van der Waals surface area contributed by atoms with Crippen LogP contribution in [-0.4, -0.2) is 23.1 Å². The molecule has 9 heteroatoms. The van der Waals surface area contributed by atoms with E-state index in [0.717, 1.165) is 16.9 Å². The van der Waals surface area contributed by atoms with Crippen LogP contribution in [0.25, 0.3) is 11.3 Å². The lowest BCUT2D eigenvalue weighted by molar-refractivity contribution is -0.114. The number of hydrogen-bond donors (Lipinski definition) is 2. The Morgan fingerprint density at radius 1 is 1.14 bits per heavy atom. The number of pyridine rings is 1. The molecular formula is C27H23ClN4O3S. The van der Waals surface area contributed by atoms with Crippen molar-refractivity contribution in [1.82, 2.24) is 10.3 Å². The van der Waals surface area contributed by atoms with E-state index in [1.165, 1.54) is 6.92 Å². The van der Waals surface area contributed by atoms with Crippen molar-refractivity contribution in [1.29, 1.82) is 0 Å². The van der Waals surface area contributed by atoms with Crippen molar-refractivity contribution in [3.63, 3.8) is 0 Å². The van der Waals surface area contributed by atoms with Crippen LogP contribution >= 0.6 is 23.8 Å². The first kappa shape index (κ1) is 23.8. The quantitative estimate of drug-likeness (QED) is 0.297. The van der Waals surface area contributed by atoms with Gasteiger partial charge < -0.3 is 24.7 Å². The van der Waals surface area contributed by atoms with Gasteiger partial charge in [-0.3, -0.25) is 9.78 Å². The lowest BCUT2D eigenvalue weighted by Gasteiger charge is -2.27. The summed E-state index contributed by atoms with van der Waals surface area (Å²) in [4.78, 5) is 18.4. The Morgan fingerprint density at radius 3 is 2.64 bits per heavy atom. The van der Waals surface area contributed by atoms with Crippen LogP contribution in [0.1, 0.15) is 30.5 Å². The molecule has 2 aromatic carbocycles. The van der Waals surface area contributed by atoms with Crippen molar-refractivity contribution in [2.24, 2.45) is 0 Å². The number of nitrogens with one attached hydrogen (secondary N) is 2. The molecule has 1 saturated heterocycles. The smallest absolute Gasteiger partial charge is 0.221 e. The van der Waals surface area contributed by atoms with Crippen LogP contribution in [0, 0.1) is 0 Å². The normalized spacial score (nSPS) is 17.1. The number of carbonyl (C=O) groups is 1. The van der Waals surface area contributed by atoms with Crippen LogP contribution in [0.4, 0.5) is 11.4 Å². The van der Waals surface area contributed by atoms with E-state index in [2.05, 4.69) is 15.6 Å². The second-order valence-electron chi connectivity index (χ2n) is 8.27. The number of furan rings is 1. The van der Waals surface area contributed by atoms with Gasteiger partial charge in [-0.1, -0.05) is 17.7 Å². The zero-order valence-corrected chi connectivity index (χ0v) is 21.1. The summed E-state index contributed by atoms with van der Waals surface area (Å²) in [6.45, 7) is 1.45. The summed E-state index contributed by atoms with van der Waals surface area (Å²) < 4.78 is 11.8. The van der Waals surface area contributed by atoms with Crippen molar-refractivity contribution in [2.75, 3.05) is 17.3 Å². The predicted octanol–water partition coefficient (Wildman–Crippen LogP) is 6.14. The standard InChI is InChI=1S/C27H23ClN4O3S/c1-16(33)30-21-15-19(10-11-23(21)34-2)32-26(25(31-27(32)36)20-5-3-4-14-29-20)24-13-12-22(35-24)17-6-8-18(28)9-7-17/h3-15,25-26H,1-2H3,(H,30,33)(H,31,36)/t25-,26+/m1/s1. The largest absolute Gasteiger partial charge is 0.495 e. The summed E-state index contributed by atoms with van der Waals surface area (Å²) in [5, 5.41) is 7.41. The molecule has 0 saturated carbocycles. The molecule has 5 rings (SSSR count). The summed E-state index contributed by atoms with van der Waals surface area (Å²) in [6, 6.07) is 22.1. The van der Waals surface area contributed by atoms with E-state index < -0.39 is 0 Å². The first-order chi connectivity index (χ1) is 17.4. The molecule has 2 atom stereocenters. The van der Waals surface area contributed by atoms with Gasteiger partial charge in [0.25, 0.3) is 0 Å². The molecule has 182 valence electrons. The third kappa shape index (κ3) is 4.65. The van der Waals surface area contributed by atoms with Crippen molar-refractivity contribution in [3.05, 3.63) is 95.5 Å². The monoisotopic (exact) mass is 518 g/mol. The maximum atomic E-state index is 11.8. The third-order valence-corrected chi connectivity index (χ3v) is 6.48. The molecule has 0 spiro atoms. The Bertz CT molecular complexity index is 1410. The van der Waals surface area contributed by atoms with Crippen LogP contribution in [0.2, 0.25) is 5.02 Å². The Morgan fingerprint density at radius 2 is 1.94 bits per heavy atom. The first-order valence-electron chi connectivity index (χ1n) is 11.3. The summed E-state index contributed by atoms with van der Waals surface area (Å²) in [6.07, 6.45) is 1.75. The molecule has 1 fully saturated rings. The summed E-state index contributed by atoms with van der Waals surface area (Å²) in [7, 11) is 1.56. The van der Waals surface area contributed by atoms with E-state index in [0.29, 0.717) is 33.1 Å².